The summed E-state index contributed by atoms with van der Waals surface area (Å²) < 4.78 is 0. The van der Waals surface area contributed by atoms with Crippen molar-refractivity contribution >= 4 is 5.82 Å². The monoisotopic (exact) mass is 234 g/mol. The fourth-order valence-corrected chi connectivity index (χ4v) is 2.14. The van der Waals surface area contributed by atoms with Crippen molar-refractivity contribution in [1.82, 2.24) is 15.3 Å². The lowest BCUT2D eigenvalue weighted by molar-refractivity contribution is 0.478. The first-order valence-corrected chi connectivity index (χ1v) is 6.66. The smallest absolute Gasteiger partial charge is 0.130 e. The Morgan fingerprint density at radius 2 is 2.00 bits per heavy atom. The fraction of sp³-hybridized carbons (Fsp3) is 0.692. The van der Waals surface area contributed by atoms with Crippen LogP contribution in [0.5, 0.6) is 0 Å². The molecule has 17 heavy (non-hydrogen) atoms. The maximum atomic E-state index is 4.55. The fourth-order valence-electron chi connectivity index (χ4n) is 2.14. The molecule has 0 unspecified atom stereocenters. The van der Waals surface area contributed by atoms with Crippen LogP contribution in [0.4, 0.5) is 5.82 Å². The van der Waals surface area contributed by atoms with Crippen LogP contribution in [-0.4, -0.2) is 29.1 Å². The highest BCUT2D eigenvalue weighted by atomic mass is 15.1. The summed E-state index contributed by atoms with van der Waals surface area (Å²) in [6.45, 7) is 6.44. The van der Waals surface area contributed by atoms with Crippen molar-refractivity contribution in [3.63, 3.8) is 0 Å². The minimum Gasteiger partial charge on any atom is -0.367 e. The van der Waals surface area contributed by atoms with Crippen molar-refractivity contribution in [3.05, 3.63) is 17.6 Å². The first-order valence-electron chi connectivity index (χ1n) is 6.66. The van der Waals surface area contributed by atoms with Gasteiger partial charge >= 0.3 is 0 Å². The van der Waals surface area contributed by atoms with E-state index in [4.69, 9.17) is 0 Å². The highest BCUT2D eigenvalue weighted by Gasteiger charge is 2.13. The van der Waals surface area contributed by atoms with Crippen LogP contribution in [-0.2, 0) is 12.8 Å². The van der Waals surface area contributed by atoms with Gasteiger partial charge in [0.1, 0.15) is 11.6 Å². The molecule has 1 aromatic heterocycles. The van der Waals surface area contributed by atoms with E-state index < -0.39 is 0 Å². The first kappa shape index (κ1) is 12.3. The Kier molecular flexibility index (Phi) is 4.31. The van der Waals surface area contributed by atoms with Crippen LogP contribution in [0.2, 0.25) is 0 Å². The van der Waals surface area contributed by atoms with Crippen molar-refractivity contribution in [1.29, 1.82) is 0 Å². The molecule has 94 valence electrons. The number of aromatic nitrogens is 2. The van der Waals surface area contributed by atoms with Gasteiger partial charge in [-0.15, -0.1) is 0 Å². The molecule has 2 N–H and O–H groups in total. The van der Waals surface area contributed by atoms with Crippen LogP contribution in [0.1, 0.15) is 38.2 Å². The molecule has 0 aliphatic carbocycles. The zero-order valence-electron chi connectivity index (χ0n) is 10.8. The minimum atomic E-state index is 0.556. The molecule has 1 saturated heterocycles. The molecular weight excluding hydrogens is 212 g/mol. The second kappa shape index (κ2) is 5.96. The lowest BCUT2D eigenvalue weighted by atomic mass is 10.1. The second-order valence-corrected chi connectivity index (χ2v) is 4.54. The Hall–Kier alpha value is -1.16. The quantitative estimate of drug-likeness (QED) is 0.833. The molecule has 1 aliphatic rings. The zero-order valence-corrected chi connectivity index (χ0v) is 10.8. The summed E-state index contributed by atoms with van der Waals surface area (Å²) in [4.78, 5) is 9.05. The Morgan fingerprint density at radius 1 is 1.24 bits per heavy atom. The molecule has 0 amide bonds. The molecule has 4 heteroatoms. The summed E-state index contributed by atoms with van der Waals surface area (Å²) in [5.74, 6) is 1.95. The van der Waals surface area contributed by atoms with Crippen molar-refractivity contribution in [3.8, 4) is 0 Å². The van der Waals surface area contributed by atoms with E-state index in [0.29, 0.717) is 6.04 Å². The van der Waals surface area contributed by atoms with Gasteiger partial charge in [0.2, 0.25) is 0 Å². The SMILES string of the molecule is CCc1cc(NC2CCNCC2)nc(CC)n1. The van der Waals surface area contributed by atoms with Crippen LogP contribution in [0.15, 0.2) is 6.07 Å². The van der Waals surface area contributed by atoms with E-state index in [1.807, 2.05) is 0 Å². The minimum absolute atomic E-state index is 0.556. The molecule has 4 nitrogen and oxygen atoms in total. The Balaban J connectivity index is 2.07. The van der Waals surface area contributed by atoms with Gasteiger partial charge in [-0.2, -0.15) is 0 Å². The predicted octanol–water partition coefficient (Wildman–Crippen LogP) is 1.77. The summed E-state index contributed by atoms with van der Waals surface area (Å²) in [6, 6.07) is 2.64. The van der Waals surface area contributed by atoms with Gasteiger partial charge in [-0.3, -0.25) is 0 Å². The normalized spacial score (nSPS) is 17.1. The number of piperidine rings is 1. The van der Waals surface area contributed by atoms with E-state index in [0.717, 1.165) is 43.3 Å². The average molecular weight is 234 g/mol. The third-order valence-corrected chi connectivity index (χ3v) is 3.20. The molecule has 0 atom stereocenters. The van der Waals surface area contributed by atoms with Gasteiger partial charge in [-0.05, 0) is 32.4 Å². The molecule has 0 spiro atoms. The maximum Gasteiger partial charge on any atom is 0.130 e. The summed E-state index contributed by atoms with van der Waals surface area (Å²) in [7, 11) is 0. The standard InChI is InChI=1S/C13H22N4/c1-3-10-9-13(17-12(4-2)15-10)16-11-5-7-14-8-6-11/h9,11,14H,3-8H2,1-2H3,(H,15,16,17). The first-order chi connectivity index (χ1) is 8.31. The van der Waals surface area contributed by atoms with Crippen LogP contribution in [0.3, 0.4) is 0 Å². The third-order valence-electron chi connectivity index (χ3n) is 3.20. The van der Waals surface area contributed by atoms with Gasteiger partial charge < -0.3 is 10.6 Å². The maximum absolute atomic E-state index is 4.55. The van der Waals surface area contributed by atoms with E-state index in [9.17, 15) is 0 Å². The molecule has 0 aromatic carbocycles. The number of nitrogens with zero attached hydrogens (tertiary/aromatic N) is 2. The predicted molar refractivity (Wildman–Crippen MR) is 70.3 cm³/mol. The number of rotatable bonds is 4. The van der Waals surface area contributed by atoms with Crippen molar-refractivity contribution in [2.45, 2.75) is 45.6 Å². The molecule has 2 rings (SSSR count). The second-order valence-electron chi connectivity index (χ2n) is 4.54. The van der Waals surface area contributed by atoms with E-state index >= 15 is 0 Å². The highest BCUT2D eigenvalue weighted by molar-refractivity contribution is 5.37. The third kappa shape index (κ3) is 3.40. The molecule has 1 aliphatic heterocycles. The number of hydrogen-bond acceptors (Lipinski definition) is 4. The number of hydrogen-bond donors (Lipinski definition) is 2. The van der Waals surface area contributed by atoms with Crippen LogP contribution < -0.4 is 10.6 Å². The van der Waals surface area contributed by atoms with E-state index in [2.05, 4.69) is 40.5 Å². The van der Waals surface area contributed by atoms with Crippen molar-refractivity contribution in [2.75, 3.05) is 18.4 Å². The molecule has 1 aromatic rings. The summed E-state index contributed by atoms with van der Waals surface area (Å²) in [5, 5.41) is 6.91. The zero-order chi connectivity index (χ0) is 12.1. The topological polar surface area (TPSA) is 49.8 Å². The summed E-state index contributed by atoms with van der Waals surface area (Å²) >= 11 is 0. The van der Waals surface area contributed by atoms with Gasteiger partial charge in [-0.1, -0.05) is 13.8 Å². The van der Waals surface area contributed by atoms with Crippen LogP contribution >= 0.6 is 0 Å². The van der Waals surface area contributed by atoms with Crippen LogP contribution in [0, 0.1) is 0 Å². The van der Waals surface area contributed by atoms with Crippen molar-refractivity contribution in [2.24, 2.45) is 0 Å². The Morgan fingerprint density at radius 3 is 2.65 bits per heavy atom. The molecule has 1 fully saturated rings. The largest absolute Gasteiger partial charge is 0.367 e. The molecule has 0 bridgehead atoms. The van der Waals surface area contributed by atoms with E-state index in [-0.39, 0.29) is 0 Å². The molecule has 2 heterocycles. The summed E-state index contributed by atoms with van der Waals surface area (Å²) in [5.41, 5.74) is 1.13. The lowest BCUT2D eigenvalue weighted by Gasteiger charge is -2.24. The Bertz CT molecular complexity index is 336. The van der Waals surface area contributed by atoms with Gasteiger partial charge in [0.25, 0.3) is 0 Å². The summed E-state index contributed by atoms with van der Waals surface area (Å²) in [6.07, 6.45) is 4.21. The van der Waals surface area contributed by atoms with Crippen LogP contribution in [0.25, 0.3) is 0 Å². The molecule has 0 radical (unpaired) electrons. The van der Waals surface area contributed by atoms with Gasteiger partial charge in [0.05, 0.1) is 0 Å². The number of anilines is 1. The van der Waals surface area contributed by atoms with E-state index in [1.165, 1.54) is 12.8 Å². The lowest BCUT2D eigenvalue weighted by Crippen LogP contribution is -2.35. The molecular formula is C13H22N4. The van der Waals surface area contributed by atoms with Gasteiger partial charge in [0.15, 0.2) is 0 Å². The number of aryl methyl sites for hydroxylation is 2. The molecule has 0 saturated carbocycles. The number of nitrogens with one attached hydrogen (secondary N) is 2. The van der Waals surface area contributed by atoms with Gasteiger partial charge in [-0.25, -0.2) is 9.97 Å². The van der Waals surface area contributed by atoms with Crippen molar-refractivity contribution < 1.29 is 0 Å². The highest BCUT2D eigenvalue weighted by Crippen LogP contribution is 2.13. The van der Waals surface area contributed by atoms with E-state index in [1.54, 1.807) is 0 Å². The van der Waals surface area contributed by atoms with Gasteiger partial charge in [0, 0.05) is 24.2 Å². The average Bonchev–Trinajstić information content (AvgIpc) is 2.39. The Labute approximate surface area is 103 Å².